The third kappa shape index (κ3) is 2.63. The average Bonchev–Trinajstić information content (AvgIpc) is 2.75. The predicted octanol–water partition coefficient (Wildman–Crippen LogP) is 1.68. The van der Waals surface area contributed by atoms with Gasteiger partial charge in [0, 0.05) is 13.1 Å². The number of alkyl halides is 3. The van der Waals surface area contributed by atoms with Gasteiger partial charge < -0.3 is 10.4 Å². The summed E-state index contributed by atoms with van der Waals surface area (Å²) in [6, 6.07) is 8.43. The molecule has 2 atom stereocenters. The maximum atomic E-state index is 14.0. The fourth-order valence-electron chi connectivity index (χ4n) is 3.95. The van der Waals surface area contributed by atoms with E-state index < -0.39 is 23.5 Å². The van der Waals surface area contributed by atoms with Crippen molar-refractivity contribution in [2.75, 3.05) is 19.6 Å². The summed E-state index contributed by atoms with van der Waals surface area (Å²) < 4.78 is 41.9. The molecule has 1 aromatic rings. The van der Waals surface area contributed by atoms with Crippen LogP contribution in [0.15, 0.2) is 30.3 Å². The summed E-state index contributed by atoms with van der Waals surface area (Å²) in [6.07, 6.45) is -4.55. The predicted molar refractivity (Wildman–Crippen MR) is 85.2 cm³/mol. The number of hydrogen-bond donors (Lipinski definition) is 2. The van der Waals surface area contributed by atoms with Crippen LogP contribution in [0.1, 0.15) is 25.3 Å². The highest BCUT2D eigenvalue weighted by Crippen LogP contribution is 2.49. The van der Waals surface area contributed by atoms with Gasteiger partial charge in [-0.3, -0.25) is 9.69 Å². The molecule has 0 unspecified atom stereocenters. The molecule has 0 bridgehead atoms. The molecule has 2 aliphatic heterocycles. The van der Waals surface area contributed by atoms with Crippen molar-refractivity contribution in [2.45, 2.75) is 43.9 Å². The van der Waals surface area contributed by atoms with Crippen molar-refractivity contribution in [3.05, 3.63) is 35.9 Å². The summed E-state index contributed by atoms with van der Waals surface area (Å²) in [5, 5.41) is 13.8. The third-order valence-corrected chi connectivity index (χ3v) is 5.29. The minimum absolute atomic E-state index is 0.0547. The van der Waals surface area contributed by atoms with Gasteiger partial charge in [0.2, 0.25) is 5.91 Å². The molecule has 3 rings (SSSR count). The summed E-state index contributed by atoms with van der Waals surface area (Å²) in [4.78, 5) is 14.7. The lowest BCUT2D eigenvalue weighted by Gasteiger charge is -2.42. The van der Waals surface area contributed by atoms with E-state index >= 15 is 0 Å². The Morgan fingerprint density at radius 2 is 1.92 bits per heavy atom. The Balaban J connectivity index is 2.10. The minimum Gasteiger partial charge on any atom is -0.351 e. The first-order valence-corrected chi connectivity index (χ1v) is 8.41. The Morgan fingerprint density at radius 1 is 1.24 bits per heavy atom. The molecule has 1 aromatic carbocycles. The van der Waals surface area contributed by atoms with Crippen molar-refractivity contribution in [3.8, 4) is 0 Å². The lowest BCUT2D eigenvalue weighted by molar-refractivity contribution is -0.358. The van der Waals surface area contributed by atoms with E-state index in [-0.39, 0.29) is 32.5 Å². The lowest BCUT2D eigenvalue weighted by Crippen LogP contribution is -2.66. The second-order valence-corrected chi connectivity index (χ2v) is 6.55. The SMILES string of the molecule is CC[C@]12CCNCCN1[C@](O)(C(F)(F)F)N(Cc1ccccc1)C2=O. The zero-order valence-corrected chi connectivity index (χ0v) is 14.0. The monoisotopic (exact) mass is 357 g/mol. The molecular formula is C17H22F3N3O2. The molecule has 0 radical (unpaired) electrons. The smallest absolute Gasteiger partial charge is 0.351 e. The van der Waals surface area contributed by atoms with Gasteiger partial charge in [-0.15, -0.1) is 0 Å². The fraction of sp³-hybridized carbons (Fsp3) is 0.588. The second-order valence-electron chi connectivity index (χ2n) is 6.55. The van der Waals surface area contributed by atoms with Crippen LogP contribution < -0.4 is 5.32 Å². The lowest BCUT2D eigenvalue weighted by atomic mass is 9.90. The van der Waals surface area contributed by atoms with Crippen LogP contribution in [0.2, 0.25) is 0 Å². The van der Waals surface area contributed by atoms with Crippen LogP contribution in [-0.2, 0) is 11.3 Å². The summed E-state index contributed by atoms with van der Waals surface area (Å²) in [6.45, 7) is 2.07. The number of carbonyl (C=O) groups is 1. The summed E-state index contributed by atoms with van der Waals surface area (Å²) in [7, 11) is 0. The first-order chi connectivity index (χ1) is 11.8. The van der Waals surface area contributed by atoms with Crippen LogP contribution in [-0.4, -0.2) is 58.0 Å². The number of amides is 1. The zero-order valence-electron chi connectivity index (χ0n) is 14.0. The standard InChI is InChI=1S/C17H22F3N3O2/c1-2-15-8-9-21-10-11-23(15)17(25,16(18,19)20)22(14(15)24)12-13-6-4-3-5-7-13/h3-7,21,25H,2,8-12H2,1H3/t15-,17+/m1/s1. The van der Waals surface area contributed by atoms with Crippen molar-refractivity contribution in [2.24, 2.45) is 0 Å². The van der Waals surface area contributed by atoms with Gasteiger partial charge in [-0.25, -0.2) is 4.90 Å². The molecule has 1 amide bonds. The highest BCUT2D eigenvalue weighted by molar-refractivity contribution is 5.89. The van der Waals surface area contributed by atoms with Crippen LogP contribution >= 0.6 is 0 Å². The number of hydrogen-bond acceptors (Lipinski definition) is 4. The number of fused-ring (bicyclic) bond motifs is 1. The normalized spacial score (nSPS) is 31.1. The number of rotatable bonds is 3. The Kier molecular flexibility index (Phi) is 4.55. The van der Waals surface area contributed by atoms with Crippen LogP contribution in [0.25, 0.3) is 0 Å². The summed E-state index contributed by atoms with van der Waals surface area (Å²) in [5.41, 5.74) is -0.803. The Bertz CT molecular complexity index is 640. The van der Waals surface area contributed by atoms with Crippen molar-refractivity contribution in [3.63, 3.8) is 0 Å². The fourth-order valence-corrected chi connectivity index (χ4v) is 3.95. The van der Waals surface area contributed by atoms with Gasteiger partial charge in [0.25, 0.3) is 0 Å². The molecule has 0 saturated carbocycles. The average molecular weight is 357 g/mol. The molecule has 8 heteroatoms. The van der Waals surface area contributed by atoms with Gasteiger partial charge in [-0.2, -0.15) is 13.2 Å². The van der Waals surface area contributed by atoms with Crippen molar-refractivity contribution >= 4 is 5.91 Å². The van der Waals surface area contributed by atoms with E-state index in [1.54, 1.807) is 37.3 Å². The molecule has 138 valence electrons. The number of halogens is 3. The van der Waals surface area contributed by atoms with Crippen LogP contribution in [0.3, 0.4) is 0 Å². The number of nitrogens with one attached hydrogen (secondary N) is 1. The topological polar surface area (TPSA) is 55.8 Å². The maximum absolute atomic E-state index is 14.0. The number of aliphatic hydroxyl groups is 1. The van der Waals surface area contributed by atoms with Crippen LogP contribution in [0.4, 0.5) is 13.2 Å². The Labute approximate surface area is 144 Å². The maximum Gasteiger partial charge on any atom is 0.452 e. The Morgan fingerprint density at radius 3 is 2.52 bits per heavy atom. The van der Waals surface area contributed by atoms with E-state index in [1.165, 1.54) is 0 Å². The minimum atomic E-state index is -4.99. The molecule has 2 N–H and O–H groups in total. The van der Waals surface area contributed by atoms with Gasteiger partial charge >= 0.3 is 12.0 Å². The van der Waals surface area contributed by atoms with E-state index in [0.717, 1.165) is 4.90 Å². The number of carbonyl (C=O) groups excluding carboxylic acids is 1. The highest BCUT2D eigenvalue weighted by Gasteiger charge is 2.74. The van der Waals surface area contributed by atoms with E-state index in [2.05, 4.69) is 5.32 Å². The van der Waals surface area contributed by atoms with Crippen molar-refractivity contribution in [1.82, 2.24) is 15.1 Å². The van der Waals surface area contributed by atoms with Gasteiger partial charge in [-0.1, -0.05) is 37.3 Å². The molecular weight excluding hydrogens is 335 g/mol. The molecule has 2 aliphatic rings. The van der Waals surface area contributed by atoms with E-state index in [4.69, 9.17) is 0 Å². The number of nitrogens with zero attached hydrogens (tertiary/aromatic N) is 2. The molecule has 0 aliphatic carbocycles. The van der Waals surface area contributed by atoms with Crippen molar-refractivity contribution < 1.29 is 23.1 Å². The summed E-state index contributed by atoms with van der Waals surface area (Å²) in [5.74, 6) is -3.97. The van der Waals surface area contributed by atoms with E-state index in [1.807, 2.05) is 0 Å². The first kappa shape index (κ1) is 18.2. The highest BCUT2D eigenvalue weighted by atomic mass is 19.4. The van der Waals surface area contributed by atoms with Gasteiger partial charge in [-0.05, 0) is 24.9 Å². The molecule has 2 saturated heterocycles. The van der Waals surface area contributed by atoms with E-state index in [9.17, 15) is 23.1 Å². The number of benzene rings is 1. The molecule has 0 aromatic heterocycles. The largest absolute Gasteiger partial charge is 0.452 e. The van der Waals surface area contributed by atoms with Crippen molar-refractivity contribution in [1.29, 1.82) is 0 Å². The quantitative estimate of drug-likeness (QED) is 0.864. The molecule has 25 heavy (non-hydrogen) atoms. The van der Waals surface area contributed by atoms with E-state index in [0.29, 0.717) is 17.0 Å². The second kappa shape index (κ2) is 6.26. The molecule has 2 heterocycles. The van der Waals surface area contributed by atoms with Gasteiger partial charge in [0.15, 0.2) is 0 Å². The van der Waals surface area contributed by atoms with Crippen LogP contribution in [0, 0.1) is 0 Å². The van der Waals surface area contributed by atoms with Gasteiger partial charge in [0.05, 0.1) is 6.54 Å². The van der Waals surface area contributed by atoms with Gasteiger partial charge in [0.1, 0.15) is 5.54 Å². The Hall–Kier alpha value is -1.64. The molecule has 2 fully saturated rings. The van der Waals surface area contributed by atoms with Crippen LogP contribution in [0.5, 0.6) is 0 Å². The molecule has 5 nitrogen and oxygen atoms in total. The first-order valence-electron chi connectivity index (χ1n) is 8.41. The molecule has 0 spiro atoms. The third-order valence-electron chi connectivity index (χ3n) is 5.29. The summed E-state index contributed by atoms with van der Waals surface area (Å²) >= 11 is 0. The zero-order chi connectivity index (χ0) is 18.3.